The number of sulfonamides is 1. The van der Waals surface area contributed by atoms with Crippen molar-refractivity contribution in [1.82, 2.24) is 4.31 Å². The smallest absolute Gasteiger partial charge is 0.252 e. The number of hydrogen-bond donors (Lipinski definition) is 1. The zero-order chi connectivity index (χ0) is 13.9. The summed E-state index contributed by atoms with van der Waals surface area (Å²) in [5, 5.41) is 8.85. The first-order valence-electron chi connectivity index (χ1n) is 4.92. The van der Waals surface area contributed by atoms with E-state index in [1.54, 1.807) is 0 Å². The number of aliphatic hydroxyl groups excluding tert-OH is 1. The number of alkyl halides is 2. The van der Waals surface area contributed by atoms with E-state index in [0.717, 1.165) is 19.2 Å². The molecule has 0 aliphatic rings. The van der Waals surface area contributed by atoms with Crippen LogP contribution in [0.5, 0.6) is 0 Å². The van der Waals surface area contributed by atoms with Gasteiger partial charge in [0, 0.05) is 7.05 Å². The van der Waals surface area contributed by atoms with Crippen molar-refractivity contribution in [3.63, 3.8) is 0 Å². The molecule has 18 heavy (non-hydrogen) atoms. The summed E-state index contributed by atoms with van der Waals surface area (Å²) >= 11 is 0. The molecule has 0 saturated heterocycles. The topological polar surface area (TPSA) is 57.6 Å². The van der Waals surface area contributed by atoms with Crippen LogP contribution in [0.25, 0.3) is 0 Å². The number of rotatable bonds is 5. The van der Waals surface area contributed by atoms with Crippen molar-refractivity contribution in [1.29, 1.82) is 0 Å². The lowest BCUT2D eigenvalue weighted by Gasteiger charge is -2.17. The Labute approximate surface area is 103 Å². The molecular formula is C10H12F3NO3S. The van der Waals surface area contributed by atoms with Crippen LogP contribution in [0.3, 0.4) is 0 Å². The average Bonchev–Trinajstić information content (AvgIpc) is 2.28. The summed E-state index contributed by atoms with van der Waals surface area (Å²) in [5.41, 5.74) is 0.181. The molecule has 0 fully saturated rings. The highest BCUT2D eigenvalue weighted by Crippen LogP contribution is 2.20. The number of nitrogens with zero attached hydrogens (tertiary/aromatic N) is 1. The molecule has 0 atom stereocenters. The second kappa shape index (κ2) is 5.68. The third kappa shape index (κ3) is 3.21. The molecule has 0 heterocycles. The second-order valence-electron chi connectivity index (χ2n) is 3.60. The summed E-state index contributed by atoms with van der Waals surface area (Å²) in [6.07, 6.45) is -2.85. The quantitative estimate of drug-likeness (QED) is 0.883. The zero-order valence-electron chi connectivity index (χ0n) is 9.48. The Bertz CT molecular complexity index is 519. The number of benzene rings is 1. The molecule has 1 rings (SSSR count). The fraction of sp³-hybridized carbons (Fsp3) is 0.400. The maximum Gasteiger partial charge on any atom is 0.252 e. The van der Waals surface area contributed by atoms with Crippen LogP contribution in [0, 0.1) is 5.82 Å². The summed E-state index contributed by atoms with van der Waals surface area (Å²) in [6, 6.07) is 3.00. The van der Waals surface area contributed by atoms with Crippen LogP contribution in [0.4, 0.5) is 13.2 Å². The van der Waals surface area contributed by atoms with E-state index in [0.29, 0.717) is 4.31 Å². The third-order valence-electron chi connectivity index (χ3n) is 2.26. The van der Waals surface area contributed by atoms with Gasteiger partial charge in [0.1, 0.15) is 10.7 Å². The Hall–Kier alpha value is -1.12. The Morgan fingerprint density at radius 1 is 1.39 bits per heavy atom. The summed E-state index contributed by atoms with van der Waals surface area (Å²) < 4.78 is 61.7. The first-order chi connectivity index (χ1) is 8.28. The first kappa shape index (κ1) is 14.9. The molecule has 0 saturated carbocycles. The van der Waals surface area contributed by atoms with Gasteiger partial charge in [-0.05, 0) is 17.7 Å². The van der Waals surface area contributed by atoms with Gasteiger partial charge in [0.15, 0.2) is 0 Å². The molecule has 0 aromatic heterocycles. The Morgan fingerprint density at radius 3 is 2.50 bits per heavy atom. The van der Waals surface area contributed by atoms with Crippen LogP contribution in [0.1, 0.15) is 5.56 Å². The summed E-state index contributed by atoms with van der Waals surface area (Å²) in [7, 11) is -3.39. The molecule has 1 aromatic carbocycles. The van der Waals surface area contributed by atoms with Gasteiger partial charge in [-0.1, -0.05) is 6.07 Å². The lowest BCUT2D eigenvalue weighted by molar-refractivity contribution is 0.126. The highest BCUT2D eigenvalue weighted by molar-refractivity contribution is 7.89. The van der Waals surface area contributed by atoms with Gasteiger partial charge in [-0.3, -0.25) is 0 Å². The lowest BCUT2D eigenvalue weighted by atomic mass is 10.2. The number of halogens is 3. The van der Waals surface area contributed by atoms with Crippen LogP contribution in [-0.4, -0.2) is 37.8 Å². The van der Waals surface area contributed by atoms with Gasteiger partial charge in [-0.25, -0.2) is 21.6 Å². The van der Waals surface area contributed by atoms with E-state index in [9.17, 15) is 21.6 Å². The minimum Gasteiger partial charge on any atom is -0.392 e. The molecule has 4 nitrogen and oxygen atoms in total. The van der Waals surface area contributed by atoms with Gasteiger partial charge in [-0.2, -0.15) is 4.31 Å². The Morgan fingerprint density at radius 2 is 2.00 bits per heavy atom. The van der Waals surface area contributed by atoms with Crippen LogP contribution in [0.15, 0.2) is 23.1 Å². The van der Waals surface area contributed by atoms with Crippen LogP contribution in [0.2, 0.25) is 0 Å². The van der Waals surface area contributed by atoms with Crippen molar-refractivity contribution in [2.24, 2.45) is 0 Å². The van der Waals surface area contributed by atoms with Crippen LogP contribution in [-0.2, 0) is 16.6 Å². The molecule has 0 aliphatic heterocycles. The number of hydrogen-bond acceptors (Lipinski definition) is 3. The average molecular weight is 283 g/mol. The van der Waals surface area contributed by atoms with E-state index in [4.69, 9.17) is 5.11 Å². The predicted octanol–water partition coefficient (Wildman–Crippen LogP) is 1.20. The molecule has 0 unspecified atom stereocenters. The molecule has 0 spiro atoms. The summed E-state index contributed by atoms with van der Waals surface area (Å²) in [5.74, 6) is -1.05. The fourth-order valence-electron chi connectivity index (χ4n) is 1.30. The number of aliphatic hydroxyl groups is 1. The molecule has 0 aliphatic carbocycles. The minimum absolute atomic E-state index is 0.181. The van der Waals surface area contributed by atoms with Crippen molar-refractivity contribution in [3.8, 4) is 0 Å². The van der Waals surface area contributed by atoms with Gasteiger partial charge in [0.2, 0.25) is 10.0 Å². The van der Waals surface area contributed by atoms with Gasteiger partial charge in [-0.15, -0.1) is 0 Å². The minimum atomic E-state index is -4.33. The van der Waals surface area contributed by atoms with Gasteiger partial charge >= 0.3 is 0 Å². The van der Waals surface area contributed by atoms with Crippen molar-refractivity contribution in [3.05, 3.63) is 29.6 Å². The normalized spacial score (nSPS) is 12.4. The zero-order valence-corrected chi connectivity index (χ0v) is 10.3. The molecule has 8 heteroatoms. The van der Waals surface area contributed by atoms with E-state index in [1.165, 1.54) is 6.07 Å². The molecule has 0 bridgehead atoms. The summed E-state index contributed by atoms with van der Waals surface area (Å²) in [4.78, 5) is -0.725. The van der Waals surface area contributed by atoms with Gasteiger partial charge < -0.3 is 5.11 Å². The standard InChI is InChI=1S/C10H12F3NO3S/c1-14(5-10(12)13)18(16,17)9-4-7(6-15)2-3-8(9)11/h2-4,10,15H,5-6H2,1H3. The highest BCUT2D eigenvalue weighted by Gasteiger charge is 2.26. The van der Waals surface area contributed by atoms with Gasteiger partial charge in [0.05, 0.1) is 13.2 Å². The van der Waals surface area contributed by atoms with E-state index in [1.807, 2.05) is 0 Å². The molecular weight excluding hydrogens is 271 g/mol. The van der Waals surface area contributed by atoms with E-state index in [2.05, 4.69) is 0 Å². The maximum atomic E-state index is 13.4. The van der Waals surface area contributed by atoms with E-state index in [-0.39, 0.29) is 5.56 Å². The molecule has 0 amide bonds. The SMILES string of the molecule is CN(CC(F)F)S(=O)(=O)c1cc(CO)ccc1F. The first-order valence-corrected chi connectivity index (χ1v) is 6.37. The highest BCUT2D eigenvalue weighted by atomic mass is 32.2. The van der Waals surface area contributed by atoms with Gasteiger partial charge in [0.25, 0.3) is 6.43 Å². The largest absolute Gasteiger partial charge is 0.392 e. The predicted molar refractivity (Wildman–Crippen MR) is 58.1 cm³/mol. The van der Waals surface area contributed by atoms with E-state index >= 15 is 0 Å². The maximum absolute atomic E-state index is 13.4. The van der Waals surface area contributed by atoms with Crippen molar-refractivity contribution < 1.29 is 26.7 Å². The molecule has 102 valence electrons. The summed E-state index contributed by atoms with van der Waals surface area (Å²) in [6.45, 7) is -1.49. The Balaban J connectivity index is 3.19. The monoisotopic (exact) mass is 283 g/mol. The van der Waals surface area contributed by atoms with Crippen LogP contribution < -0.4 is 0 Å². The fourth-order valence-corrected chi connectivity index (χ4v) is 2.56. The molecule has 1 N–H and O–H groups in total. The third-order valence-corrected chi connectivity index (χ3v) is 4.10. The lowest BCUT2D eigenvalue weighted by Crippen LogP contribution is -2.32. The molecule has 1 aromatic rings. The second-order valence-corrected chi connectivity index (χ2v) is 5.61. The van der Waals surface area contributed by atoms with Crippen LogP contribution >= 0.6 is 0 Å². The molecule has 0 radical (unpaired) electrons. The Kier molecular flexibility index (Phi) is 4.71. The van der Waals surface area contributed by atoms with Crippen molar-refractivity contribution in [2.75, 3.05) is 13.6 Å². The van der Waals surface area contributed by atoms with E-state index < -0.39 is 40.3 Å². The van der Waals surface area contributed by atoms with Crippen molar-refractivity contribution in [2.45, 2.75) is 17.9 Å². The van der Waals surface area contributed by atoms with Crippen molar-refractivity contribution >= 4 is 10.0 Å².